The molecule has 8 heteroatoms. The van der Waals surface area contributed by atoms with Crippen LogP contribution in [0.1, 0.15) is 29.6 Å². The molecule has 1 heterocycles. The first-order chi connectivity index (χ1) is 19.0. The van der Waals surface area contributed by atoms with E-state index in [4.69, 9.17) is 11.5 Å². The van der Waals surface area contributed by atoms with E-state index in [1.54, 1.807) is 0 Å². The fraction of sp³-hybridized carbons (Fsp3) is 0.258. The van der Waals surface area contributed by atoms with Crippen molar-refractivity contribution in [3.63, 3.8) is 0 Å². The summed E-state index contributed by atoms with van der Waals surface area (Å²) in [5.41, 5.74) is 12.4. The topological polar surface area (TPSA) is 126 Å². The monoisotopic (exact) mass is 522 g/mol. The number of carbonyl (C=O) groups is 2. The lowest BCUT2D eigenvalue weighted by atomic mass is 10.1. The van der Waals surface area contributed by atoms with Crippen molar-refractivity contribution >= 4 is 45.0 Å². The van der Waals surface area contributed by atoms with E-state index in [-0.39, 0.29) is 23.8 Å². The van der Waals surface area contributed by atoms with Gasteiger partial charge in [0.2, 0.25) is 5.91 Å². The lowest BCUT2D eigenvalue weighted by Crippen LogP contribution is -2.48. The first-order valence-corrected chi connectivity index (χ1v) is 13.4. The Morgan fingerprint density at radius 2 is 1.59 bits per heavy atom. The highest BCUT2D eigenvalue weighted by atomic mass is 16.2. The van der Waals surface area contributed by atoms with E-state index in [0.717, 1.165) is 27.2 Å². The minimum absolute atomic E-state index is 0.0123. The Hall–Kier alpha value is -4.43. The number of fused-ring (bicyclic) bond motifs is 2. The van der Waals surface area contributed by atoms with Crippen LogP contribution < -0.4 is 27.0 Å². The van der Waals surface area contributed by atoms with Gasteiger partial charge in [0.15, 0.2) is 5.96 Å². The molecule has 0 radical (unpaired) electrons. The predicted molar refractivity (Wildman–Crippen MR) is 158 cm³/mol. The zero-order chi connectivity index (χ0) is 27.2. The van der Waals surface area contributed by atoms with Crippen LogP contribution in [-0.2, 0) is 4.79 Å². The molecule has 2 atom stereocenters. The molecule has 6 N–H and O–H groups in total. The minimum Gasteiger partial charge on any atom is -0.370 e. The van der Waals surface area contributed by atoms with Crippen LogP contribution in [0.5, 0.6) is 0 Å². The molecule has 0 aliphatic carbocycles. The summed E-state index contributed by atoms with van der Waals surface area (Å²) >= 11 is 0. The van der Waals surface area contributed by atoms with Gasteiger partial charge >= 0.3 is 0 Å². The highest BCUT2D eigenvalue weighted by molar-refractivity contribution is 6.00. The van der Waals surface area contributed by atoms with Crippen molar-refractivity contribution in [2.24, 2.45) is 16.5 Å². The summed E-state index contributed by atoms with van der Waals surface area (Å²) in [6.45, 7) is 1.41. The number of amides is 2. The zero-order valence-corrected chi connectivity index (χ0v) is 21.8. The van der Waals surface area contributed by atoms with E-state index in [1.807, 2.05) is 71.6 Å². The largest absolute Gasteiger partial charge is 0.370 e. The van der Waals surface area contributed by atoms with Crippen molar-refractivity contribution in [1.29, 1.82) is 0 Å². The smallest absolute Gasteiger partial charge is 0.251 e. The number of benzene rings is 4. The molecule has 39 heavy (non-hydrogen) atoms. The number of carbonyl (C=O) groups excluding carboxylic acids is 2. The van der Waals surface area contributed by atoms with Crippen molar-refractivity contribution in [1.82, 2.24) is 10.6 Å². The van der Waals surface area contributed by atoms with Crippen molar-refractivity contribution in [2.75, 3.05) is 24.5 Å². The Balaban J connectivity index is 1.31. The van der Waals surface area contributed by atoms with Crippen LogP contribution in [0.4, 0.5) is 5.69 Å². The molecule has 4 aromatic carbocycles. The van der Waals surface area contributed by atoms with E-state index in [1.165, 1.54) is 0 Å². The summed E-state index contributed by atoms with van der Waals surface area (Å²) in [6, 6.07) is 27.4. The summed E-state index contributed by atoms with van der Waals surface area (Å²) in [5, 5.41) is 10.9. The van der Waals surface area contributed by atoms with Crippen LogP contribution in [0.25, 0.3) is 21.5 Å². The average Bonchev–Trinajstić information content (AvgIpc) is 3.11. The fourth-order valence-electron chi connectivity index (χ4n) is 5.14. The summed E-state index contributed by atoms with van der Waals surface area (Å²) < 4.78 is 0. The molecule has 0 aromatic heterocycles. The number of aliphatic imine (C=N–C) groups is 1. The quantitative estimate of drug-likeness (QED) is 0.160. The molecule has 2 amide bonds. The second-order valence-corrected chi connectivity index (χ2v) is 9.95. The molecule has 0 bridgehead atoms. The van der Waals surface area contributed by atoms with Crippen LogP contribution in [0.15, 0.2) is 89.9 Å². The van der Waals surface area contributed by atoms with Gasteiger partial charge in [0.1, 0.15) is 0 Å². The molecule has 0 unspecified atom stereocenters. The van der Waals surface area contributed by atoms with Crippen LogP contribution >= 0.6 is 0 Å². The van der Waals surface area contributed by atoms with E-state index in [0.29, 0.717) is 44.5 Å². The van der Waals surface area contributed by atoms with Crippen LogP contribution in [0, 0.1) is 0 Å². The first kappa shape index (κ1) is 26.2. The van der Waals surface area contributed by atoms with Gasteiger partial charge in [-0.3, -0.25) is 14.6 Å². The van der Waals surface area contributed by atoms with Crippen molar-refractivity contribution < 1.29 is 9.59 Å². The number of guanidine groups is 1. The Morgan fingerprint density at radius 1 is 0.923 bits per heavy atom. The lowest BCUT2D eigenvalue weighted by molar-refractivity contribution is -0.120. The standard InChI is InChI=1S/C31H34N6O2/c32-31(33)34-16-5-10-28-30(39)37(27-14-13-22-7-2-4-9-24(22)19-27)17-15-26(36-28)20-35-29(38)25-12-11-21-6-1-3-8-23(21)18-25/h1-4,6-9,11-14,18-19,26,28,36H,5,10,15-17,20H2,(H,35,38)(H4,32,33,34)/t26-,28-/m0/s1. The maximum absolute atomic E-state index is 13.7. The van der Waals surface area contributed by atoms with Gasteiger partial charge in [0.05, 0.1) is 6.04 Å². The third-order valence-corrected chi connectivity index (χ3v) is 7.21. The first-order valence-electron chi connectivity index (χ1n) is 13.4. The summed E-state index contributed by atoms with van der Waals surface area (Å²) in [7, 11) is 0. The zero-order valence-electron chi connectivity index (χ0n) is 21.8. The third kappa shape index (κ3) is 6.35. The van der Waals surface area contributed by atoms with Crippen LogP contribution in [0.3, 0.4) is 0 Å². The second-order valence-electron chi connectivity index (χ2n) is 9.95. The Bertz CT molecular complexity index is 1510. The van der Waals surface area contributed by atoms with Crippen molar-refractivity contribution in [3.05, 3.63) is 90.5 Å². The summed E-state index contributed by atoms with van der Waals surface area (Å²) in [5.74, 6) is -0.0746. The van der Waals surface area contributed by atoms with Gasteiger partial charge in [-0.05, 0) is 65.1 Å². The Kier molecular flexibility index (Phi) is 8.03. The number of nitrogens with one attached hydrogen (secondary N) is 2. The molecule has 1 aliphatic rings. The van der Waals surface area contributed by atoms with E-state index < -0.39 is 6.04 Å². The van der Waals surface area contributed by atoms with Gasteiger partial charge < -0.3 is 27.0 Å². The predicted octanol–water partition coefficient (Wildman–Crippen LogP) is 3.54. The third-order valence-electron chi connectivity index (χ3n) is 7.21. The number of nitrogens with two attached hydrogens (primary N) is 2. The van der Waals surface area contributed by atoms with Crippen molar-refractivity contribution in [2.45, 2.75) is 31.3 Å². The van der Waals surface area contributed by atoms with Crippen LogP contribution in [-0.4, -0.2) is 49.5 Å². The van der Waals surface area contributed by atoms with Gasteiger partial charge in [-0.1, -0.05) is 60.7 Å². The van der Waals surface area contributed by atoms with Gasteiger partial charge in [-0.25, -0.2) is 0 Å². The maximum Gasteiger partial charge on any atom is 0.251 e. The number of anilines is 1. The van der Waals surface area contributed by atoms with Gasteiger partial charge in [-0.2, -0.15) is 0 Å². The SMILES string of the molecule is NC(N)=NCCC[C@@H]1N[C@H](CNC(=O)c2ccc3ccccc3c2)CCN(c2ccc3ccccc3c2)C1=O. The van der Waals surface area contributed by atoms with E-state index in [9.17, 15) is 9.59 Å². The summed E-state index contributed by atoms with van der Waals surface area (Å²) in [4.78, 5) is 32.6. The molecular formula is C31H34N6O2. The molecule has 8 nitrogen and oxygen atoms in total. The van der Waals surface area contributed by atoms with E-state index in [2.05, 4.69) is 33.8 Å². The molecule has 0 spiro atoms. The fourth-order valence-corrected chi connectivity index (χ4v) is 5.14. The molecule has 1 aliphatic heterocycles. The minimum atomic E-state index is -0.421. The maximum atomic E-state index is 13.7. The number of rotatable bonds is 8. The number of hydrogen-bond donors (Lipinski definition) is 4. The average molecular weight is 523 g/mol. The molecule has 5 rings (SSSR count). The Morgan fingerprint density at radius 3 is 2.31 bits per heavy atom. The van der Waals surface area contributed by atoms with Gasteiger partial charge in [-0.15, -0.1) is 0 Å². The van der Waals surface area contributed by atoms with Gasteiger partial charge in [0, 0.05) is 36.9 Å². The highest BCUT2D eigenvalue weighted by Crippen LogP contribution is 2.25. The highest BCUT2D eigenvalue weighted by Gasteiger charge is 2.31. The summed E-state index contributed by atoms with van der Waals surface area (Å²) in [6.07, 6.45) is 1.93. The van der Waals surface area contributed by atoms with E-state index >= 15 is 0 Å². The lowest BCUT2D eigenvalue weighted by Gasteiger charge is -2.25. The molecule has 200 valence electrons. The normalized spacial score (nSPS) is 17.6. The molecule has 0 saturated carbocycles. The van der Waals surface area contributed by atoms with Gasteiger partial charge in [0.25, 0.3) is 5.91 Å². The van der Waals surface area contributed by atoms with Crippen LogP contribution in [0.2, 0.25) is 0 Å². The molecule has 1 fully saturated rings. The molecule has 4 aromatic rings. The van der Waals surface area contributed by atoms with Crippen molar-refractivity contribution in [3.8, 4) is 0 Å². The molecule has 1 saturated heterocycles. The Labute approximate surface area is 228 Å². The number of nitrogens with zero attached hydrogens (tertiary/aromatic N) is 2. The molecular weight excluding hydrogens is 488 g/mol. The second kappa shape index (κ2) is 12.0. The number of hydrogen-bond acceptors (Lipinski definition) is 4.